The van der Waals surface area contributed by atoms with Crippen LogP contribution >= 0.6 is 0 Å². The number of hydrogen-bond acceptors (Lipinski definition) is 6. The molecule has 154 valence electrons. The summed E-state index contributed by atoms with van der Waals surface area (Å²) in [4.78, 5) is 15.8. The fourth-order valence-corrected chi connectivity index (χ4v) is 3.67. The highest BCUT2D eigenvalue weighted by Crippen LogP contribution is 2.30. The average molecular weight is 412 g/mol. The molecular formula is C23H20N6O2. The molecule has 8 nitrogen and oxygen atoms in total. The molecule has 0 unspecified atom stereocenters. The van der Waals surface area contributed by atoms with E-state index in [9.17, 15) is 4.79 Å². The predicted molar refractivity (Wildman–Crippen MR) is 118 cm³/mol. The molecule has 5 aromatic rings. The Hall–Kier alpha value is -4.20. The normalized spacial score (nSPS) is 11.2. The van der Waals surface area contributed by atoms with E-state index in [0.717, 1.165) is 27.7 Å². The SMILES string of the molecule is CC(=O)Oc1cn2ncnc(Nc3ccc4c(cnn4Cc4ccccc4)c3)c2c1C. The Morgan fingerprint density at radius 2 is 1.97 bits per heavy atom. The van der Waals surface area contributed by atoms with Crippen molar-refractivity contribution in [2.45, 2.75) is 20.4 Å². The van der Waals surface area contributed by atoms with Gasteiger partial charge in [0, 0.05) is 23.6 Å². The van der Waals surface area contributed by atoms with Crippen molar-refractivity contribution in [2.24, 2.45) is 0 Å². The van der Waals surface area contributed by atoms with E-state index >= 15 is 0 Å². The average Bonchev–Trinajstić information content (AvgIpc) is 3.29. The van der Waals surface area contributed by atoms with Crippen LogP contribution in [0.25, 0.3) is 16.4 Å². The first-order valence-electron chi connectivity index (χ1n) is 9.86. The summed E-state index contributed by atoms with van der Waals surface area (Å²) in [6.07, 6.45) is 5.00. The first-order chi connectivity index (χ1) is 15.1. The van der Waals surface area contributed by atoms with Crippen LogP contribution < -0.4 is 10.1 Å². The van der Waals surface area contributed by atoms with Crippen molar-refractivity contribution < 1.29 is 9.53 Å². The molecule has 0 bridgehead atoms. The quantitative estimate of drug-likeness (QED) is 0.437. The van der Waals surface area contributed by atoms with Gasteiger partial charge in [0.25, 0.3) is 0 Å². The van der Waals surface area contributed by atoms with Crippen molar-refractivity contribution in [1.82, 2.24) is 24.4 Å². The largest absolute Gasteiger partial charge is 0.425 e. The molecule has 0 radical (unpaired) electrons. The number of carbonyl (C=O) groups is 1. The van der Waals surface area contributed by atoms with E-state index in [1.807, 2.05) is 54.2 Å². The molecular weight excluding hydrogens is 392 g/mol. The maximum Gasteiger partial charge on any atom is 0.308 e. The fourth-order valence-electron chi connectivity index (χ4n) is 3.67. The number of fused-ring (bicyclic) bond motifs is 2. The molecule has 0 aliphatic carbocycles. The number of nitrogens with zero attached hydrogens (tertiary/aromatic N) is 5. The first-order valence-corrected chi connectivity index (χ1v) is 9.86. The lowest BCUT2D eigenvalue weighted by Crippen LogP contribution is -2.02. The van der Waals surface area contributed by atoms with Crippen molar-refractivity contribution in [3.8, 4) is 5.75 Å². The summed E-state index contributed by atoms with van der Waals surface area (Å²) < 4.78 is 8.92. The van der Waals surface area contributed by atoms with Gasteiger partial charge >= 0.3 is 5.97 Å². The maximum atomic E-state index is 11.4. The molecule has 31 heavy (non-hydrogen) atoms. The molecule has 0 aliphatic rings. The van der Waals surface area contributed by atoms with Gasteiger partial charge in [-0.05, 0) is 30.7 Å². The van der Waals surface area contributed by atoms with E-state index in [0.29, 0.717) is 18.1 Å². The number of aromatic nitrogens is 5. The zero-order chi connectivity index (χ0) is 21.4. The van der Waals surface area contributed by atoms with Gasteiger partial charge in [-0.25, -0.2) is 9.50 Å². The van der Waals surface area contributed by atoms with Crippen molar-refractivity contribution >= 4 is 33.9 Å². The molecule has 0 saturated heterocycles. The van der Waals surface area contributed by atoms with Gasteiger partial charge in [-0.2, -0.15) is 10.2 Å². The number of aryl methyl sites for hydroxylation is 1. The highest BCUT2D eigenvalue weighted by molar-refractivity contribution is 5.86. The molecule has 0 saturated carbocycles. The summed E-state index contributed by atoms with van der Waals surface area (Å²) in [6.45, 7) is 3.96. The van der Waals surface area contributed by atoms with Crippen LogP contribution in [-0.4, -0.2) is 30.3 Å². The van der Waals surface area contributed by atoms with Gasteiger partial charge in [0.1, 0.15) is 11.8 Å². The number of ether oxygens (including phenoxy) is 1. The molecule has 0 amide bonds. The highest BCUT2D eigenvalue weighted by atomic mass is 16.5. The molecule has 2 aromatic carbocycles. The molecule has 0 spiro atoms. The van der Waals surface area contributed by atoms with Crippen LogP contribution in [0, 0.1) is 6.92 Å². The predicted octanol–water partition coefficient (Wildman–Crippen LogP) is 4.10. The minimum absolute atomic E-state index is 0.376. The lowest BCUT2D eigenvalue weighted by molar-refractivity contribution is -0.131. The second kappa shape index (κ2) is 7.56. The van der Waals surface area contributed by atoms with Crippen LogP contribution in [-0.2, 0) is 11.3 Å². The van der Waals surface area contributed by atoms with Gasteiger partial charge in [0.15, 0.2) is 11.6 Å². The van der Waals surface area contributed by atoms with Crippen molar-refractivity contribution in [3.63, 3.8) is 0 Å². The van der Waals surface area contributed by atoms with Gasteiger partial charge in [0.2, 0.25) is 0 Å². The molecule has 3 heterocycles. The lowest BCUT2D eigenvalue weighted by atomic mass is 10.2. The molecule has 0 fully saturated rings. The number of anilines is 2. The molecule has 0 aliphatic heterocycles. The first kappa shape index (κ1) is 18.8. The van der Waals surface area contributed by atoms with Gasteiger partial charge < -0.3 is 10.1 Å². The van der Waals surface area contributed by atoms with E-state index < -0.39 is 0 Å². The summed E-state index contributed by atoms with van der Waals surface area (Å²) in [5.41, 5.74) is 4.67. The Morgan fingerprint density at radius 1 is 1.13 bits per heavy atom. The number of carbonyl (C=O) groups excluding carboxylic acids is 1. The maximum absolute atomic E-state index is 11.4. The van der Waals surface area contributed by atoms with Crippen molar-refractivity contribution in [3.05, 3.63) is 78.4 Å². The van der Waals surface area contributed by atoms with E-state index in [-0.39, 0.29) is 5.97 Å². The topological polar surface area (TPSA) is 86.3 Å². The number of hydrogen-bond donors (Lipinski definition) is 1. The fraction of sp³-hybridized carbons (Fsp3) is 0.130. The molecule has 1 N–H and O–H groups in total. The van der Waals surface area contributed by atoms with Crippen LogP contribution in [0.5, 0.6) is 5.75 Å². The smallest absolute Gasteiger partial charge is 0.308 e. The van der Waals surface area contributed by atoms with Gasteiger partial charge in [-0.15, -0.1) is 0 Å². The van der Waals surface area contributed by atoms with Crippen molar-refractivity contribution in [2.75, 3.05) is 5.32 Å². The van der Waals surface area contributed by atoms with Gasteiger partial charge in [-0.1, -0.05) is 30.3 Å². The van der Waals surface area contributed by atoms with Crippen LogP contribution in [0.3, 0.4) is 0 Å². The standard InChI is InChI=1S/C23H20N6O2/c1-15-21(31-16(2)30)13-29-22(15)23(24-14-26-29)27-19-8-9-20-18(10-19)11-25-28(20)12-17-6-4-3-5-7-17/h3-11,13-14H,12H2,1-2H3,(H,24,26,27). The zero-order valence-corrected chi connectivity index (χ0v) is 17.1. The van der Waals surface area contributed by atoms with E-state index in [1.165, 1.54) is 18.8 Å². The monoisotopic (exact) mass is 412 g/mol. The molecule has 8 heteroatoms. The summed E-state index contributed by atoms with van der Waals surface area (Å²) in [5.74, 6) is 0.718. The molecule has 5 rings (SSSR count). The number of nitrogens with one attached hydrogen (secondary N) is 1. The van der Waals surface area contributed by atoms with Crippen LogP contribution in [0.1, 0.15) is 18.1 Å². The third kappa shape index (κ3) is 3.59. The van der Waals surface area contributed by atoms with Crippen LogP contribution in [0.4, 0.5) is 11.5 Å². The second-order valence-electron chi connectivity index (χ2n) is 7.30. The van der Waals surface area contributed by atoms with Gasteiger partial charge in [-0.3, -0.25) is 9.48 Å². The Bertz CT molecular complexity index is 1400. The van der Waals surface area contributed by atoms with E-state index in [1.54, 1.807) is 10.7 Å². The van der Waals surface area contributed by atoms with Crippen LogP contribution in [0.15, 0.2) is 67.3 Å². The number of benzene rings is 2. The molecule has 0 atom stereocenters. The third-order valence-electron chi connectivity index (χ3n) is 5.11. The van der Waals surface area contributed by atoms with Crippen molar-refractivity contribution in [1.29, 1.82) is 0 Å². The second-order valence-corrected chi connectivity index (χ2v) is 7.30. The van der Waals surface area contributed by atoms with Crippen LogP contribution in [0.2, 0.25) is 0 Å². The number of rotatable bonds is 5. The summed E-state index contributed by atoms with van der Waals surface area (Å²) in [7, 11) is 0. The third-order valence-corrected chi connectivity index (χ3v) is 5.11. The molecule has 3 aromatic heterocycles. The summed E-state index contributed by atoms with van der Waals surface area (Å²) in [5, 5.41) is 13.2. The van der Waals surface area contributed by atoms with E-state index in [4.69, 9.17) is 4.74 Å². The highest BCUT2D eigenvalue weighted by Gasteiger charge is 2.15. The Labute approximate surface area is 178 Å². The van der Waals surface area contributed by atoms with E-state index in [2.05, 4.69) is 32.6 Å². The Kier molecular flexibility index (Phi) is 4.59. The zero-order valence-electron chi connectivity index (χ0n) is 17.1. The lowest BCUT2D eigenvalue weighted by Gasteiger charge is -2.09. The minimum Gasteiger partial charge on any atom is -0.425 e. The van der Waals surface area contributed by atoms with Gasteiger partial charge in [0.05, 0.1) is 24.5 Å². The number of esters is 1. The minimum atomic E-state index is -0.376. The Balaban J connectivity index is 1.46. The summed E-state index contributed by atoms with van der Waals surface area (Å²) in [6, 6.07) is 16.3. The Morgan fingerprint density at radius 3 is 2.77 bits per heavy atom. The summed E-state index contributed by atoms with van der Waals surface area (Å²) >= 11 is 0.